The number of aromatic nitrogens is 2. The van der Waals surface area contributed by atoms with E-state index in [9.17, 15) is 0 Å². The second-order valence-electron chi connectivity index (χ2n) is 7.81. The van der Waals surface area contributed by atoms with Gasteiger partial charge in [-0.25, -0.2) is 0 Å². The minimum Gasteiger partial charge on any atom is -0.382 e. The molecule has 1 aromatic rings. The molecule has 0 aromatic carbocycles. The van der Waals surface area contributed by atoms with Crippen LogP contribution in [-0.2, 0) is 11.2 Å². The Labute approximate surface area is 163 Å². The Morgan fingerprint density at radius 3 is 2.70 bits per heavy atom. The molecule has 0 unspecified atom stereocenters. The molecule has 0 atom stereocenters. The van der Waals surface area contributed by atoms with Crippen molar-refractivity contribution in [3.05, 3.63) is 11.7 Å². The Kier molecular flexibility index (Phi) is 9.04. The highest BCUT2D eigenvalue weighted by Gasteiger charge is 2.33. The molecule has 0 bridgehead atoms. The first-order valence-electron chi connectivity index (χ1n) is 10.4. The van der Waals surface area contributed by atoms with Crippen LogP contribution < -0.4 is 10.6 Å². The number of aliphatic imine (C=N–C) groups is 1. The summed E-state index contributed by atoms with van der Waals surface area (Å²) >= 11 is 0. The van der Waals surface area contributed by atoms with Crippen LogP contribution >= 0.6 is 0 Å². The molecule has 1 saturated carbocycles. The van der Waals surface area contributed by atoms with Crippen molar-refractivity contribution in [2.75, 3.05) is 33.4 Å². The van der Waals surface area contributed by atoms with Gasteiger partial charge in [0, 0.05) is 45.7 Å². The summed E-state index contributed by atoms with van der Waals surface area (Å²) < 4.78 is 10.9. The number of ether oxygens (including phenoxy) is 1. The Morgan fingerprint density at radius 1 is 1.30 bits per heavy atom. The van der Waals surface area contributed by atoms with E-state index in [1.54, 1.807) is 0 Å². The maximum absolute atomic E-state index is 5.60. The van der Waals surface area contributed by atoms with Crippen LogP contribution in [0.5, 0.6) is 0 Å². The topological polar surface area (TPSA) is 84.6 Å². The summed E-state index contributed by atoms with van der Waals surface area (Å²) in [4.78, 5) is 8.78. The molecule has 2 rings (SSSR count). The Bertz CT molecular complexity index is 564. The van der Waals surface area contributed by atoms with E-state index in [4.69, 9.17) is 9.26 Å². The minimum absolute atomic E-state index is 0.300. The predicted molar refractivity (Wildman–Crippen MR) is 108 cm³/mol. The number of nitrogens with one attached hydrogen (secondary N) is 2. The fraction of sp³-hybridized carbons (Fsp3) is 0.850. The summed E-state index contributed by atoms with van der Waals surface area (Å²) in [5.41, 5.74) is 0.351. The van der Waals surface area contributed by atoms with Gasteiger partial charge in [0.15, 0.2) is 11.8 Å². The van der Waals surface area contributed by atoms with Gasteiger partial charge in [-0.3, -0.25) is 4.99 Å². The maximum Gasteiger partial charge on any atom is 0.226 e. The molecule has 7 heteroatoms. The number of guanidine groups is 1. The lowest BCUT2D eigenvalue weighted by Crippen LogP contribution is -2.43. The molecule has 0 spiro atoms. The number of rotatable bonds is 11. The Hall–Kier alpha value is -1.63. The lowest BCUT2D eigenvalue weighted by Gasteiger charge is -2.30. The lowest BCUT2D eigenvalue weighted by atomic mass is 9.83. The van der Waals surface area contributed by atoms with Crippen LogP contribution in [0.2, 0.25) is 0 Å². The van der Waals surface area contributed by atoms with Gasteiger partial charge in [0.2, 0.25) is 5.89 Å². The highest BCUT2D eigenvalue weighted by molar-refractivity contribution is 5.79. The first-order valence-corrected chi connectivity index (χ1v) is 10.4. The minimum atomic E-state index is 0.300. The quantitative estimate of drug-likeness (QED) is 0.349. The van der Waals surface area contributed by atoms with Gasteiger partial charge in [-0.1, -0.05) is 31.8 Å². The molecule has 1 aliphatic rings. The van der Waals surface area contributed by atoms with E-state index in [1.807, 2.05) is 7.05 Å². The van der Waals surface area contributed by atoms with Crippen LogP contribution in [0.15, 0.2) is 9.52 Å². The smallest absolute Gasteiger partial charge is 0.226 e. The normalized spacial score (nSPS) is 16.9. The van der Waals surface area contributed by atoms with Crippen molar-refractivity contribution in [1.29, 1.82) is 0 Å². The van der Waals surface area contributed by atoms with Crippen LogP contribution in [0.25, 0.3) is 0 Å². The fourth-order valence-corrected chi connectivity index (χ4v) is 3.62. The number of hydrogen-bond donors (Lipinski definition) is 2. The summed E-state index contributed by atoms with van der Waals surface area (Å²) in [5.74, 6) is 2.66. The molecule has 154 valence electrons. The molecule has 27 heavy (non-hydrogen) atoms. The van der Waals surface area contributed by atoms with Gasteiger partial charge in [-0.15, -0.1) is 0 Å². The maximum atomic E-state index is 5.60. The Balaban J connectivity index is 1.69. The van der Waals surface area contributed by atoms with E-state index in [1.165, 1.54) is 25.7 Å². The number of nitrogens with zero attached hydrogens (tertiary/aromatic N) is 3. The van der Waals surface area contributed by atoms with E-state index in [0.29, 0.717) is 17.2 Å². The summed E-state index contributed by atoms with van der Waals surface area (Å²) in [5, 5.41) is 10.9. The van der Waals surface area contributed by atoms with Gasteiger partial charge in [-0.2, -0.15) is 4.98 Å². The second kappa shape index (κ2) is 11.3. The average molecular weight is 380 g/mol. The third-order valence-electron chi connectivity index (χ3n) is 5.36. The summed E-state index contributed by atoms with van der Waals surface area (Å²) in [6, 6.07) is 0. The van der Waals surface area contributed by atoms with Crippen molar-refractivity contribution in [1.82, 2.24) is 20.8 Å². The molecule has 0 radical (unpaired) electrons. The summed E-state index contributed by atoms with van der Waals surface area (Å²) in [6.07, 6.45) is 8.03. The monoisotopic (exact) mass is 379 g/mol. The van der Waals surface area contributed by atoms with Gasteiger partial charge < -0.3 is 19.9 Å². The standard InChI is InChI=1S/C20H37N5O2/c1-5-26-14-12-20(10-6-7-11-20)15-23-19(21-4)22-13-8-9-17-24-18(16(2)3)25-27-17/h16H,5-15H2,1-4H3,(H2,21,22,23). The molecule has 0 aliphatic heterocycles. The third-order valence-corrected chi connectivity index (χ3v) is 5.36. The Morgan fingerprint density at radius 2 is 2.07 bits per heavy atom. The van der Waals surface area contributed by atoms with Crippen LogP contribution in [0.3, 0.4) is 0 Å². The SMILES string of the molecule is CCOCCC1(CNC(=NC)NCCCc2nc(C(C)C)no2)CCCC1. The van der Waals surface area contributed by atoms with Gasteiger partial charge in [-0.05, 0) is 38.0 Å². The zero-order valence-corrected chi connectivity index (χ0v) is 17.5. The molecule has 0 amide bonds. The highest BCUT2D eigenvalue weighted by Crippen LogP contribution is 2.40. The first-order chi connectivity index (χ1) is 13.1. The van der Waals surface area contributed by atoms with Crippen LogP contribution in [-0.4, -0.2) is 49.5 Å². The van der Waals surface area contributed by atoms with Crippen molar-refractivity contribution < 1.29 is 9.26 Å². The van der Waals surface area contributed by atoms with E-state index in [-0.39, 0.29) is 0 Å². The van der Waals surface area contributed by atoms with E-state index in [2.05, 4.69) is 46.5 Å². The molecule has 0 saturated heterocycles. The second-order valence-corrected chi connectivity index (χ2v) is 7.81. The van der Waals surface area contributed by atoms with Crippen LogP contribution in [0, 0.1) is 5.41 Å². The number of hydrogen-bond acceptors (Lipinski definition) is 5. The molecule has 1 aromatic heterocycles. The van der Waals surface area contributed by atoms with E-state index in [0.717, 1.165) is 57.3 Å². The average Bonchev–Trinajstić information content (AvgIpc) is 3.32. The highest BCUT2D eigenvalue weighted by atomic mass is 16.5. The van der Waals surface area contributed by atoms with Crippen molar-refractivity contribution in [3.63, 3.8) is 0 Å². The molecule has 1 fully saturated rings. The molecule has 2 N–H and O–H groups in total. The van der Waals surface area contributed by atoms with Crippen LogP contribution in [0.4, 0.5) is 0 Å². The summed E-state index contributed by atoms with van der Waals surface area (Å²) in [7, 11) is 1.82. The molecule has 1 heterocycles. The largest absolute Gasteiger partial charge is 0.382 e. The summed E-state index contributed by atoms with van der Waals surface area (Å²) in [6.45, 7) is 9.63. The molecular formula is C20H37N5O2. The number of aryl methyl sites for hydroxylation is 1. The molecule has 7 nitrogen and oxygen atoms in total. The molecular weight excluding hydrogens is 342 g/mol. The van der Waals surface area contributed by atoms with E-state index >= 15 is 0 Å². The first kappa shape index (κ1) is 21.7. The third kappa shape index (κ3) is 7.13. The van der Waals surface area contributed by atoms with Gasteiger partial charge in [0.1, 0.15) is 0 Å². The van der Waals surface area contributed by atoms with Crippen molar-refractivity contribution in [2.24, 2.45) is 10.4 Å². The van der Waals surface area contributed by atoms with Crippen molar-refractivity contribution >= 4 is 5.96 Å². The predicted octanol–water partition coefficient (Wildman–Crippen LogP) is 3.28. The fourth-order valence-electron chi connectivity index (χ4n) is 3.62. The van der Waals surface area contributed by atoms with Crippen molar-refractivity contribution in [2.45, 2.75) is 71.6 Å². The van der Waals surface area contributed by atoms with Gasteiger partial charge in [0.05, 0.1) is 0 Å². The van der Waals surface area contributed by atoms with Crippen LogP contribution in [0.1, 0.15) is 76.9 Å². The van der Waals surface area contributed by atoms with Gasteiger partial charge in [0.25, 0.3) is 0 Å². The molecule has 1 aliphatic carbocycles. The van der Waals surface area contributed by atoms with E-state index < -0.39 is 0 Å². The van der Waals surface area contributed by atoms with Gasteiger partial charge >= 0.3 is 0 Å². The zero-order valence-electron chi connectivity index (χ0n) is 17.5. The zero-order chi connectivity index (χ0) is 19.5. The van der Waals surface area contributed by atoms with Crippen molar-refractivity contribution in [3.8, 4) is 0 Å². The lowest BCUT2D eigenvalue weighted by molar-refractivity contribution is 0.105.